The molecule has 1 aromatic carbocycles. The van der Waals surface area contributed by atoms with Crippen LogP contribution in [0.15, 0.2) is 35.2 Å². The fourth-order valence-corrected chi connectivity index (χ4v) is 3.78. The minimum Gasteiger partial charge on any atom is -0.312 e. The summed E-state index contributed by atoms with van der Waals surface area (Å²) in [6.07, 6.45) is 1.30. The summed E-state index contributed by atoms with van der Waals surface area (Å²) in [7, 11) is -3.92. The summed E-state index contributed by atoms with van der Waals surface area (Å²) in [5, 5.41) is 4.15. The van der Waals surface area contributed by atoms with Gasteiger partial charge in [0, 0.05) is 24.3 Å². The van der Waals surface area contributed by atoms with Crippen molar-refractivity contribution in [2.24, 2.45) is 0 Å². The number of carbonyl (C=O) groups excluding carboxylic acids is 2. The standard InChI is InChI=1S/C17H21N5O4S/c1-12-10-13(2)22(19-12)11-16(23)18-20-27(25,26)15-7-5-14(6-8-15)21-9-3-4-17(21)24/h5-8,10,20H,3-4,9,11H2,1-2H3,(H,18,23). The molecule has 2 heterocycles. The van der Waals surface area contributed by atoms with E-state index in [1.54, 1.807) is 17.0 Å². The molecule has 0 saturated carbocycles. The Bertz CT molecular complexity index is 966. The molecule has 0 atom stereocenters. The highest BCUT2D eigenvalue weighted by atomic mass is 32.2. The first kappa shape index (κ1) is 19.1. The molecule has 27 heavy (non-hydrogen) atoms. The van der Waals surface area contributed by atoms with E-state index in [0.717, 1.165) is 17.8 Å². The molecule has 1 fully saturated rings. The number of hydrogen-bond donors (Lipinski definition) is 2. The Balaban J connectivity index is 1.61. The Kier molecular flexibility index (Phi) is 5.29. The van der Waals surface area contributed by atoms with Gasteiger partial charge in [0.05, 0.1) is 10.6 Å². The minimum atomic E-state index is -3.92. The van der Waals surface area contributed by atoms with Crippen LogP contribution in [-0.2, 0) is 26.2 Å². The molecule has 0 aliphatic carbocycles. The molecule has 0 unspecified atom stereocenters. The molecule has 0 spiro atoms. The van der Waals surface area contributed by atoms with Gasteiger partial charge in [-0.25, -0.2) is 8.42 Å². The number of nitrogens with zero attached hydrogens (tertiary/aromatic N) is 3. The summed E-state index contributed by atoms with van der Waals surface area (Å²) in [5.74, 6) is -0.510. The predicted molar refractivity (Wildman–Crippen MR) is 98.2 cm³/mol. The van der Waals surface area contributed by atoms with E-state index in [9.17, 15) is 18.0 Å². The van der Waals surface area contributed by atoms with Crippen LogP contribution >= 0.6 is 0 Å². The molecule has 2 N–H and O–H groups in total. The van der Waals surface area contributed by atoms with E-state index in [1.807, 2.05) is 19.9 Å². The van der Waals surface area contributed by atoms with Gasteiger partial charge in [-0.15, -0.1) is 4.83 Å². The van der Waals surface area contributed by atoms with E-state index in [0.29, 0.717) is 18.7 Å². The van der Waals surface area contributed by atoms with Crippen LogP contribution in [0.4, 0.5) is 5.69 Å². The highest BCUT2D eigenvalue weighted by Crippen LogP contribution is 2.22. The number of amides is 2. The third kappa shape index (κ3) is 4.34. The van der Waals surface area contributed by atoms with Crippen LogP contribution in [-0.4, -0.2) is 36.6 Å². The van der Waals surface area contributed by atoms with Crippen molar-refractivity contribution in [3.63, 3.8) is 0 Å². The number of carbonyl (C=O) groups is 2. The zero-order valence-electron chi connectivity index (χ0n) is 15.1. The number of benzene rings is 1. The largest absolute Gasteiger partial charge is 0.312 e. The molecule has 10 heteroatoms. The molecule has 2 amide bonds. The Morgan fingerprint density at radius 2 is 1.93 bits per heavy atom. The maximum absolute atomic E-state index is 12.3. The number of hydrazine groups is 1. The second-order valence-corrected chi connectivity index (χ2v) is 8.06. The Morgan fingerprint density at radius 3 is 2.48 bits per heavy atom. The van der Waals surface area contributed by atoms with Crippen molar-refractivity contribution < 1.29 is 18.0 Å². The van der Waals surface area contributed by atoms with Gasteiger partial charge < -0.3 is 4.90 Å². The third-order valence-corrected chi connectivity index (χ3v) is 5.52. The van der Waals surface area contributed by atoms with Crippen molar-refractivity contribution in [3.05, 3.63) is 41.7 Å². The number of nitrogens with one attached hydrogen (secondary N) is 2. The van der Waals surface area contributed by atoms with Crippen LogP contribution in [0.25, 0.3) is 0 Å². The second kappa shape index (κ2) is 7.49. The molecule has 1 aromatic heterocycles. The molecular formula is C17H21N5O4S. The molecule has 0 radical (unpaired) electrons. The maximum Gasteiger partial charge on any atom is 0.257 e. The van der Waals surface area contributed by atoms with Crippen molar-refractivity contribution in [2.75, 3.05) is 11.4 Å². The second-order valence-electron chi connectivity index (χ2n) is 6.38. The van der Waals surface area contributed by atoms with Crippen LogP contribution < -0.4 is 15.2 Å². The van der Waals surface area contributed by atoms with Crippen molar-refractivity contribution in [2.45, 2.75) is 38.1 Å². The minimum absolute atomic E-state index is 0.00990. The fraction of sp³-hybridized carbons (Fsp3) is 0.353. The highest BCUT2D eigenvalue weighted by Gasteiger charge is 2.22. The first-order valence-corrected chi connectivity index (χ1v) is 9.97. The third-order valence-electron chi connectivity index (χ3n) is 4.25. The lowest BCUT2D eigenvalue weighted by molar-refractivity contribution is -0.122. The average molecular weight is 391 g/mol. The van der Waals surface area contributed by atoms with Crippen molar-refractivity contribution in [3.8, 4) is 0 Å². The molecule has 0 bridgehead atoms. The molecule has 2 aromatic rings. The normalized spacial score (nSPS) is 14.6. The smallest absolute Gasteiger partial charge is 0.257 e. The Hall–Kier alpha value is -2.72. The van der Waals surface area contributed by atoms with E-state index in [1.165, 1.54) is 16.8 Å². The zero-order chi connectivity index (χ0) is 19.6. The number of aryl methyl sites for hydroxylation is 2. The highest BCUT2D eigenvalue weighted by molar-refractivity contribution is 7.89. The summed E-state index contributed by atoms with van der Waals surface area (Å²) in [4.78, 5) is 27.4. The summed E-state index contributed by atoms with van der Waals surface area (Å²) < 4.78 is 26.1. The first-order valence-electron chi connectivity index (χ1n) is 8.48. The first-order chi connectivity index (χ1) is 12.8. The van der Waals surface area contributed by atoms with Gasteiger partial charge in [0.2, 0.25) is 5.91 Å². The lowest BCUT2D eigenvalue weighted by Crippen LogP contribution is -2.43. The van der Waals surface area contributed by atoms with Gasteiger partial charge in [-0.05, 0) is 50.6 Å². The quantitative estimate of drug-likeness (QED) is 0.702. The van der Waals surface area contributed by atoms with Gasteiger partial charge in [0.25, 0.3) is 15.9 Å². The summed E-state index contributed by atoms with van der Waals surface area (Å²) in [5.41, 5.74) is 4.42. The average Bonchev–Trinajstić information content (AvgIpc) is 3.18. The van der Waals surface area contributed by atoms with Crippen LogP contribution in [0.1, 0.15) is 24.2 Å². The van der Waals surface area contributed by atoms with Crippen molar-refractivity contribution >= 4 is 27.5 Å². The van der Waals surface area contributed by atoms with E-state index >= 15 is 0 Å². The van der Waals surface area contributed by atoms with Crippen LogP contribution in [0, 0.1) is 13.8 Å². The maximum atomic E-state index is 12.3. The zero-order valence-corrected chi connectivity index (χ0v) is 15.9. The molecule has 3 rings (SSSR count). The van der Waals surface area contributed by atoms with Gasteiger partial charge in [0.1, 0.15) is 6.54 Å². The van der Waals surface area contributed by atoms with Gasteiger partial charge >= 0.3 is 0 Å². The topological polar surface area (TPSA) is 113 Å². The molecule has 1 aliphatic heterocycles. The summed E-state index contributed by atoms with van der Waals surface area (Å²) >= 11 is 0. The lowest BCUT2D eigenvalue weighted by Gasteiger charge is -2.16. The van der Waals surface area contributed by atoms with E-state index < -0.39 is 15.9 Å². The van der Waals surface area contributed by atoms with E-state index in [4.69, 9.17) is 0 Å². The van der Waals surface area contributed by atoms with Crippen molar-refractivity contribution in [1.82, 2.24) is 20.0 Å². The van der Waals surface area contributed by atoms with E-state index in [-0.39, 0.29) is 17.3 Å². The Morgan fingerprint density at radius 1 is 1.22 bits per heavy atom. The Labute approximate surface area is 157 Å². The number of aromatic nitrogens is 2. The molecule has 144 valence electrons. The van der Waals surface area contributed by atoms with Crippen molar-refractivity contribution in [1.29, 1.82) is 0 Å². The molecule has 9 nitrogen and oxygen atoms in total. The molecule has 1 saturated heterocycles. The molecule has 1 aliphatic rings. The number of sulfonamides is 1. The SMILES string of the molecule is Cc1cc(C)n(CC(=O)NNS(=O)(=O)c2ccc(N3CCCC3=O)cc2)n1. The van der Waals surface area contributed by atoms with E-state index in [2.05, 4.69) is 15.4 Å². The number of hydrogen-bond acceptors (Lipinski definition) is 5. The monoisotopic (exact) mass is 391 g/mol. The fourth-order valence-electron chi connectivity index (χ4n) is 2.92. The van der Waals surface area contributed by atoms with Gasteiger partial charge in [-0.3, -0.25) is 19.7 Å². The lowest BCUT2D eigenvalue weighted by atomic mass is 10.3. The van der Waals surface area contributed by atoms with Crippen LogP contribution in [0.3, 0.4) is 0 Å². The molecular weight excluding hydrogens is 370 g/mol. The predicted octanol–water partition coefficient (Wildman–Crippen LogP) is 0.636. The van der Waals surface area contributed by atoms with Gasteiger partial charge in [-0.2, -0.15) is 5.10 Å². The summed E-state index contributed by atoms with van der Waals surface area (Å²) in [6, 6.07) is 7.78. The summed E-state index contributed by atoms with van der Waals surface area (Å²) in [6.45, 7) is 4.15. The van der Waals surface area contributed by atoms with Gasteiger partial charge in [0.15, 0.2) is 0 Å². The van der Waals surface area contributed by atoms with Crippen LogP contribution in [0.2, 0.25) is 0 Å². The van der Waals surface area contributed by atoms with Crippen LogP contribution in [0.5, 0.6) is 0 Å². The number of anilines is 1. The van der Waals surface area contributed by atoms with Gasteiger partial charge in [-0.1, -0.05) is 0 Å². The number of rotatable bonds is 6.